The maximum atomic E-state index is 13.2. The number of fused-ring (bicyclic) bond motifs is 3. The summed E-state index contributed by atoms with van der Waals surface area (Å²) in [5, 5.41) is 18.6. The van der Waals surface area contributed by atoms with Crippen molar-refractivity contribution in [3.63, 3.8) is 0 Å². The molecule has 0 saturated carbocycles. The average molecular weight is 389 g/mol. The highest BCUT2D eigenvalue weighted by atomic mass is 32.2. The zero-order valence-corrected chi connectivity index (χ0v) is 17.0. The van der Waals surface area contributed by atoms with Gasteiger partial charge in [0.1, 0.15) is 5.82 Å². The molecule has 0 amide bonds. The van der Waals surface area contributed by atoms with Gasteiger partial charge >= 0.3 is 0 Å². The lowest BCUT2D eigenvalue weighted by Gasteiger charge is -2.16. The van der Waals surface area contributed by atoms with Gasteiger partial charge in [0, 0.05) is 24.9 Å². The Balaban J connectivity index is 1.54. The minimum absolute atomic E-state index is 0.168. The van der Waals surface area contributed by atoms with E-state index in [0.29, 0.717) is 12.2 Å². The molecule has 2 aromatic heterocycles. The molecule has 2 heterocycles. The van der Waals surface area contributed by atoms with Crippen molar-refractivity contribution in [2.45, 2.75) is 76.0 Å². The van der Waals surface area contributed by atoms with Crippen LogP contribution in [0.15, 0.2) is 5.16 Å². The first kappa shape index (κ1) is 18.7. The maximum Gasteiger partial charge on any atom is 0.241 e. The Morgan fingerprint density at radius 3 is 2.26 bits per heavy atom. The van der Waals surface area contributed by atoms with Gasteiger partial charge in [-0.15, -0.1) is 10.2 Å². The van der Waals surface area contributed by atoms with Crippen LogP contribution >= 0.6 is 11.8 Å². The number of hydrogen-bond donors (Lipinski definition) is 1. The number of carbonyl (C=O) groups is 1. The van der Waals surface area contributed by atoms with Crippen molar-refractivity contribution in [3.05, 3.63) is 28.3 Å². The third-order valence-electron chi connectivity index (χ3n) is 5.76. The summed E-state index contributed by atoms with van der Waals surface area (Å²) in [4.78, 5) is 13.2. The minimum Gasteiger partial charge on any atom is -0.393 e. The Labute approximate surface area is 164 Å². The molecule has 27 heavy (non-hydrogen) atoms. The van der Waals surface area contributed by atoms with E-state index in [1.807, 2.05) is 11.6 Å². The van der Waals surface area contributed by atoms with E-state index in [4.69, 9.17) is 0 Å². The van der Waals surface area contributed by atoms with Gasteiger partial charge in [-0.2, -0.15) is 0 Å². The number of aliphatic hydroxyl groups is 1. The molecule has 1 atom stereocenters. The molecule has 0 radical (unpaired) electrons. The second-order valence-corrected chi connectivity index (χ2v) is 8.74. The van der Waals surface area contributed by atoms with Gasteiger partial charge in [0.2, 0.25) is 5.91 Å². The molecule has 6 nitrogen and oxygen atoms in total. The van der Waals surface area contributed by atoms with E-state index >= 15 is 0 Å². The highest BCUT2D eigenvalue weighted by Gasteiger charge is 2.29. The molecule has 2 aromatic rings. The van der Waals surface area contributed by atoms with Crippen molar-refractivity contribution in [1.82, 2.24) is 19.3 Å². The van der Waals surface area contributed by atoms with Crippen molar-refractivity contribution in [2.24, 2.45) is 7.05 Å². The topological polar surface area (TPSA) is 72.9 Å². The first-order valence-corrected chi connectivity index (χ1v) is 11.0. The highest BCUT2D eigenvalue weighted by Crippen LogP contribution is 2.35. The van der Waals surface area contributed by atoms with Crippen LogP contribution in [0.1, 0.15) is 65.7 Å². The van der Waals surface area contributed by atoms with E-state index in [0.717, 1.165) is 36.7 Å². The van der Waals surface area contributed by atoms with Crippen LogP contribution in [0.4, 0.5) is 0 Å². The molecule has 1 N–H and O–H groups in total. The van der Waals surface area contributed by atoms with Crippen LogP contribution in [0.5, 0.6) is 0 Å². The molecular weight excluding hydrogens is 360 g/mol. The second-order valence-electron chi connectivity index (χ2n) is 7.79. The second kappa shape index (κ2) is 7.80. The smallest absolute Gasteiger partial charge is 0.241 e. The zero-order valence-electron chi connectivity index (χ0n) is 16.2. The molecule has 4 rings (SSSR count). The number of thioether (sulfide) groups is 1. The zero-order chi connectivity index (χ0) is 19.0. The molecule has 0 bridgehead atoms. The van der Waals surface area contributed by atoms with E-state index < -0.39 is 6.10 Å². The van der Waals surface area contributed by atoms with Crippen LogP contribution in [0, 0.1) is 0 Å². The fraction of sp³-hybridized carbons (Fsp3) is 0.650. The molecule has 0 aromatic carbocycles. The van der Waals surface area contributed by atoms with E-state index in [2.05, 4.69) is 14.8 Å². The molecule has 0 saturated heterocycles. The number of carbonyl (C=O) groups excluding carboxylic acids is 1. The van der Waals surface area contributed by atoms with E-state index in [9.17, 15) is 9.90 Å². The highest BCUT2D eigenvalue weighted by molar-refractivity contribution is 7.99. The molecule has 0 spiro atoms. The van der Waals surface area contributed by atoms with Crippen molar-refractivity contribution < 1.29 is 9.90 Å². The Hall–Kier alpha value is -1.60. The summed E-state index contributed by atoms with van der Waals surface area (Å²) >= 11 is 1.44. The summed E-state index contributed by atoms with van der Waals surface area (Å²) in [6, 6.07) is 0. The van der Waals surface area contributed by atoms with Crippen LogP contribution in [-0.4, -0.2) is 42.2 Å². The quantitative estimate of drug-likeness (QED) is 0.798. The molecule has 0 aliphatic heterocycles. The average Bonchev–Trinajstić information content (AvgIpc) is 3.18. The summed E-state index contributed by atoms with van der Waals surface area (Å²) in [5.74, 6) is 1.28. The van der Waals surface area contributed by atoms with Gasteiger partial charge in [-0.3, -0.25) is 9.36 Å². The standard InChI is InChI=1S/C20H28N4O2S/c1-13(25)11-18-21-22-20(23(18)2)27-12-19(26)24-16-9-5-3-7-14(16)15-8-4-6-10-17(15)24/h13,25H,3-12H2,1-2H3. The van der Waals surface area contributed by atoms with Crippen molar-refractivity contribution >= 4 is 17.7 Å². The van der Waals surface area contributed by atoms with Crippen molar-refractivity contribution in [2.75, 3.05) is 5.75 Å². The lowest BCUT2D eigenvalue weighted by atomic mass is 9.89. The van der Waals surface area contributed by atoms with E-state index in [1.165, 1.54) is 60.0 Å². The van der Waals surface area contributed by atoms with Crippen LogP contribution < -0.4 is 0 Å². The Morgan fingerprint density at radius 2 is 1.67 bits per heavy atom. The van der Waals surface area contributed by atoms with Crippen LogP contribution in [-0.2, 0) is 39.2 Å². The Bertz CT molecular complexity index is 819. The van der Waals surface area contributed by atoms with Gasteiger partial charge in [0.15, 0.2) is 5.16 Å². The summed E-state index contributed by atoms with van der Waals surface area (Å²) in [6.07, 6.45) is 9.21. The molecule has 146 valence electrons. The number of hydrogen-bond acceptors (Lipinski definition) is 5. The number of rotatable bonds is 5. The van der Waals surface area contributed by atoms with Crippen LogP contribution in [0.2, 0.25) is 0 Å². The molecule has 2 aliphatic carbocycles. The summed E-state index contributed by atoms with van der Waals surface area (Å²) in [7, 11) is 1.89. The van der Waals surface area contributed by atoms with Gasteiger partial charge in [-0.1, -0.05) is 11.8 Å². The predicted molar refractivity (Wildman–Crippen MR) is 105 cm³/mol. The molecule has 1 unspecified atom stereocenters. The number of nitrogens with zero attached hydrogens (tertiary/aromatic N) is 4. The Kier molecular flexibility index (Phi) is 5.41. The van der Waals surface area contributed by atoms with Crippen LogP contribution in [0.25, 0.3) is 0 Å². The third-order valence-corrected chi connectivity index (χ3v) is 6.76. The van der Waals surface area contributed by atoms with E-state index in [1.54, 1.807) is 6.92 Å². The largest absolute Gasteiger partial charge is 0.393 e. The normalized spacial score (nSPS) is 17.4. The number of aromatic nitrogens is 4. The monoisotopic (exact) mass is 388 g/mol. The lowest BCUT2D eigenvalue weighted by molar-refractivity contribution is 0.0934. The lowest BCUT2D eigenvalue weighted by Crippen LogP contribution is -2.21. The first-order chi connectivity index (χ1) is 13.1. The van der Waals surface area contributed by atoms with Gasteiger partial charge in [-0.05, 0) is 69.4 Å². The minimum atomic E-state index is -0.453. The van der Waals surface area contributed by atoms with Gasteiger partial charge in [-0.25, -0.2) is 0 Å². The molecule has 7 heteroatoms. The van der Waals surface area contributed by atoms with Gasteiger partial charge < -0.3 is 9.67 Å². The van der Waals surface area contributed by atoms with Gasteiger partial charge in [0.05, 0.1) is 11.9 Å². The third kappa shape index (κ3) is 3.59. The maximum absolute atomic E-state index is 13.2. The predicted octanol–water partition coefficient (Wildman–Crippen LogP) is 2.73. The first-order valence-electron chi connectivity index (χ1n) is 10.0. The SMILES string of the molecule is CC(O)Cc1nnc(SCC(=O)n2c3c(c4c2CCCC4)CCCC3)n1C. The fourth-order valence-corrected chi connectivity index (χ4v) is 5.27. The van der Waals surface area contributed by atoms with Gasteiger partial charge in [0.25, 0.3) is 0 Å². The molecular formula is C20H28N4O2S. The summed E-state index contributed by atoms with van der Waals surface area (Å²) < 4.78 is 3.94. The molecule has 0 fully saturated rings. The van der Waals surface area contributed by atoms with Crippen LogP contribution in [0.3, 0.4) is 0 Å². The molecule has 2 aliphatic rings. The van der Waals surface area contributed by atoms with E-state index in [-0.39, 0.29) is 5.91 Å². The number of aliphatic hydroxyl groups excluding tert-OH is 1. The van der Waals surface area contributed by atoms with Crippen molar-refractivity contribution in [1.29, 1.82) is 0 Å². The summed E-state index contributed by atoms with van der Waals surface area (Å²) in [5.41, 5.74) is 5.53. The fourth-order valence-electron chi connectivity index (χ4n) is 4.49. The Morgan fingerprint density at radius 1 is 1.07 bits per heavy atom. The van der Waals surface area contributed by atoms with Crippen molar-refractivity contribution in [3.8, 4) is 0 Å². The summed E-state index contributed by atoms with van der Waals surface area (Å²) in [6.45, 7) is 1.74.